The van der Waals surface area contributed by atoms with E-state index in [2.05, 4.69) is 16.2 Å². The highest BCUT2D eigenvalue weighted by atomic mass is 15.3. The zero-order valence-electron chi connectivity index (χ0n) is 11.0. The van der Waals surface area contributed by atoms with E-state index in [9.17, 15) is 0 Å². The summed E-state index contributed by atoms with van der Waals surface area (Å²) in [5.41, 5.74) is 4.38. The maximum atomic E-state index is 9.08. The molecule has 0 unspecified atom stereocenters. The van der Waals surface area contributed by atoms with Gasteiger partial charge in [-0.3, -0.25) is 4.98 Å². The number of hydrogen-bond donors (Lipinski definition) is 0. The summed E-state index contributed by atoms with van der Waals surface area (Å²) in [5, 5.41) is 13.4. The Labute approximate surface area is 116 Å². The Hall–Kier alpha value is -2.93. The predicted molar refractivity (Wildman–Crippen MR) is 76.2 cm³/mol. The van der Waals surface area contributed by atoms with E-state index in [0.29, 0.717) is 5.69 Å². The Balaban J connectivity index is 2.18. The quantitative estimate of drug-likeness (QED) is 0.711. The minimum absolute atomic E-state index is 0.400. The Kier molecular flexibility index (Phi) is 3.02. The molecule has 2 heterocycles. The molecule has 0 radical (unpaired) electrons. The molecule has 4 nitrogen and oxygen atoms in total. The number of aromatic nitrogens is 3. The number of hydrogen-bond acceptors (Lipinski definition) is 3. The van der Waals surface area contributed by atoms with Crippen molar-refractivity contribution in [3.8, 4) is 23.0 Å². The second-order valence-corrected chi connectivity index (χ2v) is 4.51. The number of rotatable bonds is 2. The second kappa shape index (κ2) is 4.98. The highest BCUT2D eigenvalue weighted by Crippen LogP contribution is 2.23. The van der Waals surface area contributed by atoms with Gasteiger partial charge in [0.25, 0.3) is 0 Å². The molecule has 0 bridgehead atoms. The summed E-state index contributed by atoms with van der Waals surface area (Å²) in [6.07, 6.45) is 3.46. The lowest BCUT2D eigenvalue weighted by molar-refractivity contribution is 0.879. The van der Waals surface area contributed by atoms with Crippen LogP contribution >= 0.6 is 0 Å². The van der Waals surface area contributed by atoms with E-state index in [0.717, 1.165) is 16.9 Å². The van der Waals surface area contributed by atoms with Crippen molar-refractivity contribution in [1.82, 2.24) is 14.8 Å². The summed E-state index contributed by atoms with van der Waals surface area (Å²) in [7, 11) is 0. The number of aryl methyl sites for hydroxylation is 1. The fourth-order valence-electron chi connectivity index (χ4n) is 2.05. The van der Waals surface area contributed by atoms with E-state index in [4.69, 9.17) is 5.26 Å². The third-order valence-electron chi connectivity index (χ3n) is 3.08. The van der Waals surface area contributed by atoms with Crippen molar-refractivity contribution in [2.75, 3.05) is 0 Å². The van der Waals surface area contributed by atoms with Gasteiger partial charge in [0.15, 0.2) is 5.69 Å². The zero-order chi connectivity index (χ0) is 13.9. The number of nitriles is 1. The molecule has 0 saturated heterocycles. The van der Waals surface area contributed by atoms with Crippen molar-refractivity contribution in [1.29, 1.82) is 5.26 Å². The van der Waals surface area contributed by atoms with Crippen molar-refractivity contribution in [2.24, 2.45) is 0 Å². The molecule has 2 aromatic heterocycles. The second-order valence-electron chi connectivity index (χ2n) is 4.51. The summed E-state index contributed by atoms with van der Waals surface area (Å²) in [5.74, 6) is 0. The Morgan fingerprint density at radius 2 is 1.75 bits per heavy atom. The Morgan fingerprint density at radius 1 is 1.05 bits per heavy atom. The van der Waals surface area contributed by atoms with Gasteiger partial charge in [0, 0.05) is 24.0 Å². The molecule has 0 amide bonds. The molecule has 3 aromatic rings. The molecule has 0 N–H and O–H groups in total. The first kappa shape index (κ1) is 12.1. The van der Waals surface area contributed by atoms with Crippen LogP contribution in [0, 0.1) is 18.3 Å². The zero-order valence-corrected chi connectivity index (χ0v) is 11.0. The van der Waals surface area contributed by atoms with E-state index in [1.807, 2.05) is 43.3 Å². The molecule has 4 heteroatoms. The van der Waals surface area contributed by atoms with Crippen molar-refractivity contribution >= 4 is 0 Å². The molecule has 0 aliphatic heterocycles. The first-order chi connectivity index (χ1) is 9.78. The minimum atomic E-state index is 0.400. The van der Waals surface area contributed by atoms with Crippen LogP contribution in [0.25, 0.3) is 16.9 Å². The fraction of sp³-hybridized carbons (Fsp3) is 0.0625. The van der Waals surface area contributed by atoms with Crippen LogP contribution in [0.2, 0.25) is 0 Å². The van der Waals surface area contributed by atoms with Gasteiger partial charge < -0.3 is 0 Å². The SMILES string of the molecule is Cc1ccc(-n2nc(C#N)cc2-c2ccncc2)cc1. The van der Waals surface area contributed by atoms with Crippen LogP contribution in [-0.2, 0) is 0 Å². The van der Waals surface area contributed by atoms with E-state index in [1.54, 1.807) is 23.1 Å². The highest BCUT2D eigenvalue weighted by Gasteiger charge is 2.11. The summed E-state index contributed by atoms with van der Waals surface area (Å²) >= 11 is 0. The number of nitrogens with zero attached hydrogens (tertiary/aromatic N) is 4. The average Bonchev–Trinajstić information content (AvgIpc) is 2.93. The smallest absolute Gasteiger partial charge is 0.163 e. The molecule has 3 rings (SSSR count). The highest BCUT2D eigenvalue weighted by molar-refractivity contribution is 5.63. The van der Waals surface area contributed by atoms with Crippen molar-refractivity contribution < 1.29 is 0 Å². The van der Waals surface area contributed by atoms with Gasteiger partial charge in [0.2, 0.25) is 0 Å². The van der Waals surface area contributed by atoms with Crippen molar-refractivity contribution in [2.45, 2.75) is 6.92 Å². The average molecular weight is 260 g/mol. The van der Waals surface area contributed by atoms with Crippen LogP contribution < -0.4 is 0 Å². The third-order valence-corrected chi connectivity index (χ3v) is 3.08. The topological polar surface area (TPSA) is 54.5 Å². The standard InChI is InChI=1S/C16H12N4/c1-12-2-4-15(5-3-12)20-16(10-14(11-17)19-20)13-6-8-18-9-7-13/h2-10H,1H3. The molecular weight excluding hydrogens is 248 g/mol. The van der Waals surface area contributed by atoms with Gasteiger partial charge in [0.1, 0.15) is 6.07 Å². The first-order valence-electron chi connectivity index (χ1n) is 6.25. The number of benzene rings is 1. The van der Waals surface area contributed by atoms with Gasteiger partial charge >= 0.3 is 0 Å². The van der Waals surface area contributed by atoms with Gasteiger partial charge in [-0.25, -0.2) is 4.68 Å². The van der Waals surface area contributed by atoms with E-state index < -0.39 is 0 Å². The lowest BCUT2D eigenvalue weighted by Crippen LogP contribution is -1.99. The van der Waals surface area contributed by atoms with Crippen LogP contribution in [-0.4, -0.2) is 14.8 Å². The van der Waals surface area contributed by atoms with Crippen molar-refractivity contribution in [3.63, 3.8) is 0 Å². The molecule has 0 saturated carbocycles. The van der Waals surface area contributed by atoms with Gasteiger partial charge in [-0.15, -0.1) is 0 Å². The monoisotopic (exact) mass is 260 g/mol. The fourth-order valence-corrected chi connectivity index (χ4v) is 2.05. The van der Waals surface area contributed by atoms with Gasteiger partial charge in [-0.1, -0.05) is 17.7 Å². The molecule has 0 aliphatic rings. The summed E-state index contributed by atoms with van der Waals surface area (Å²) in [6, 6.07) is 15.7. The molecule has 0 fully saturated rings. The van der Waals surface area contributed by atoms with Crippen molar-refractivity contribution in [3.05, 3.63) is 66.1 Å². The van der Waals surface area contributed by atoms with E-state index in [1.165, 1.54) is 5.56 Å². The van der Waals surface area contributed by atoms with Gasteiger partial charge in [-0.2, -0.15) is 10.4 Å². The van der Waals surface area contributed by atoms with Gasteiger partial charge in [-0.05, 0) is 31.2 Å². The van der Waals surface area contributed by atoms with Crippen LogP contribution in [0.3, 0.4) is 0 Å². The van der Waals surface area contributed by atoms with E-state index in [-0.39, 0.29) is 0 Å². The van der Waals surface area contributed by atoms with E-state index >= 15 is 0 Å². The molecule has 1 aromatic carbocycles. The Morgan fingerprint density at radius 3 is 2.40 bits per heavy atom. The van der Waals surface area contributed by atoms with Gasteiger partial charge in [0.05, 0.1) is 11.4 Å². The maximum Gasteiger partial charge on any atom is 0.163 e. The molecule has 0 aliphatic carbocycles. The largest absolute Gasteiger partial charge is 0.265 e. The molecule has 20 heavy (non-hydrogen) atoms. The summed E-state index contributed by atoms with van der Waals surface area (Å²) < 4.78 is 1.79. The maximum absolute atomic E-state index is 9.08. The lowest BCUT2D eigenvalue weighted by Gasteiger charge is -2.07. The normalized spacial score (nSPS) is 10.2. The number of pyridine rings is 1. The van der Waals surface area contributed by atoms with Crippen LogP contribution in [0.15, 0.2) is 54.9 Å². The molecule has 0 spiro atoms. The molecule has 0 atom stereocenters. The Bertz CT molecular complexity index is 764. The van der Waals surface area contributed by atoms with Crippen LogP contribution in [0.4, 0.5) is 0 Å². The van der Waals surface area contributed by atoms with Crippen LogP contribution in [0.5, 0.6) is 0 Å². The summed E-state index contributed by atoms with van der Waals surface area (Å²) in [6.45, 7) is 2.04. The predicted octanol–water partition coefficient (Wildman–Crippen LogP) is 3.11. The lowest BCUT2D eigenvalue weighted by atomic mass is 10.1. The first-order valence-corrected chi connectivity index (χ1v) is 6.25. The summed E-state index contributed by atoms with van der Waals surface area (Å²) in [4.78, 5) is 4.02. The van der Waals surface area contributed by atoms with Crippen LogP contribution in [0.1, 0.15) is 11.3 Å². The minimum Gasteiger partial charge on any atom is -0.265 e. The molecule has 96 valence electrons. The molecular formula is C16H12N4. The third kappa shape index (κ3) is 2.17.